The zero-order valence-corrected chi connectivity index (χ0v) is 14.1. The number of carbonyl (C=O) groups excluding carboxylic acids is 1. The number of rotatable bonds is 6. The van der Waals surface area contributed by atoms with Crippen molar-refractivity contribution < 1.29 is 4.79 Å². The molecule has 1 saturated heterocycles. The first-order chi connectivity index (χ1) is 12.3. The van der Waals surface area contributed by atoms with Gasteiger partial charge in [-0.3, -0.25) is 4.98 Å². The monoisotopic (exact) mass is 341 g/mol. The second kappa shape index (κ2) is 8.81. The van der Waals surface area contributed by atoms with Gasteiger partial charge in [0, 0.05) is 50.8 Å². The summed E-state index contributed by atoms with van der Waals surface area (Å²) in [5.74, 6) is 1.70. The molecule has 2 aromatic rings. The van der Waals surface area contributed by atoms with Gasteiger partial charge >= 0.3 is 6.03 Å². The van der Waals surface area contributed by atoms with Gasteiger partial charge in [0.2, 0.25) is 0 Å². The number of piperidine rings is 1. The number of urea groups is 1. The Labute approximate surface area is 147 Å². The Kier molecular flexibility index (Phi) is 5.97. The fraction of sp³-hybridized carbons (Fsp3) is 0.412. The van der Waals surface area contributed by atoms with Crippen LogP contribution in [0, 0.1) is 0 Å². The van der Waals surface area contributed by atoms with Crippen LogP contribution in [0.2, 0.25) is 0 Å². The summed E-state index contributed by atoms with van der Waals surface area (Å²) in [6, 6.07) is 6.01. The number of nitrogens with one attached hydrogen (secondary N) is 3. The minimum atomic E-state index is -0.128. The van der Waals surface area contributed by atoms with Crippen molar-refractivity contribution in [1.29, 1.82) is 0 Å². The van der Waals surface area contributed by atoms with Gasteiger partial charge in [0.25, 0.3) is 0 Å². The molecule has 3 rings (SSSR count). The first-order valence-corrected chi connectivity index (χ1v) is 8.51. The highest BCUT2D eigenvalue weighted by Gasteiger charge is 2.21. The number of carbonyl (C=O) groups is 1. The predicted octanol–water partition coefficient (Wildman–Crippen LogP) is 1.25. The maximum Gasteiger partial charge on any atom is 0.315 e. The highest BCUT2D eigenvalue weighted by Crippen LogP contribution is 2.17. The lowest BCUT2D eigenvalue weighted by atomic mass is 10.1. The summed E-state index contributed by atoms with van der Waals surface area (Å²) in [5, 5.41) is 8.99. The van der Waals surface area contributed by atoms with Gasteiger partial charge in [-0.1, -0.05) is 6.07 Å². The Morgan fingerprint density at radius 1 is 1.12 bits per heavy atom. The van der Waals surface area contributed by atoms with Crippen LogP contribution < -0.4 is 20.9 Å². The van der Waals surface area contributed by atoms with Crippen molar-refractivity contribution in [1.82, 2.24) is 25.6 Å². The van der Waals surface area contributed by atoms with Crippen LogP contribution in [0.4, 0.5) is 16.4 Å². The molecule has 2 aromatic heterocycles. The highest BCUT2D eigenvalue weighted by atomic mass is 16.2. The van der Waals surface area contributed by atoms with E-state index in [-0.39, 0.29) is 12.1 Å². The number of nitrogens with zero attached hydrogens (tertiary/aromatic N) is 4. The molecule has 132 valence electrons. The number of hydrogen-bond acceptors (Lipinski definition) is 6. The lowest BCUT2D eigenvalue weighted by Crippen LogP contribution is -2.48. The quantitative estimate of drug-likeness (QED) is 0.685. The molecule has 25 heavy (non-hydrogen) atoms. The standard InChI is InChI=1S/C17H23N7O/c25-17(22-10-9-20-15-13-18-7-8-19-15)23-14-4-11-24(12-5-14)16-3-1-2-6-21-16/h1-3,6-8,13-14H,4-5,9-12H2,(H,19,20)(H2,22,23,25). The molecular formula is C17H23N7O. The Hall–Kier alpha value is -2.90. The third-order valence-electron chi connectivity index (χ3n) is 4.08. The maximum absolute atomic E-state index is 12.0. The molecule has 1 fully saturated rings. The third-order valence-corrected chi connectivity index (χ3v) is 4.08. The molecular weight excluding hydrogens is 318 g/mol. The van der Waals surface area contributed by atoms with Crippen LogP contribution >= 0.6 is 0 Å². The van der Waals surface area contributed by atoms with Crippen molar-refractivity contribution in [2.75, 3.05) is 36.4 Å². The number of amides is 2. The van der Waals surface area contributed by atoms with E-state index in [9.17, 15) is 4.79 Å². The van der Waals surface area contributed by atoms with E-state index < -0.39 is 0 Å². The molecule has 8 nitrogen and oxygen atoms in total. The topological polar surface area (TPSA) is 95.1 Å². The molecule has 0 aliphatic carbocycles. The SMILES string of the molecule is O=C(NCCNc1cnccn1)NC1CCN(c2ccccn2)CC1. The second-order valence-corrected chi connectivity index (χ2v) is 5.87. The van der Waals surface area contributed by atoms with Crippen molar-refractivity contribution >= 4 is 17.7 Å². The molecule has 8 heteroatoms. The summed E-state index contributed by atoms with van der Waals surface area (Å²) < 4.78 is 0. The first-order valence-electron chi connectivity index (χ1n) is 8.51. The summed E-state index contributed by atoms with van der Waals surface area (Å²) in [7, 11) is 0. The number of pyridine rings is 1. The Morgan fingerprint density at radius 2 is 2.00 bits per heavy atom. The van der Waals surface area contributed by atoms with Gasteiger partial charge in [0.15, 0.2) is 0 Å². The molecule has 0 atom stereocenters. The van der Waals surface area contributed by atoms with Crippen LogP contribution in [0.5, 0.6) is 0 Å². The molecule has 0 spiro atoms. The normalized spacial score (nSPS) is 14.8. The average Bonchev–Trinajstić information content (AvgIpc) is 2.67. The van der Waals surface area contributed by atoms with E-state index >= 15 is 0 Å². The number of aromatic nitrogens is 3. The first kappa shape index (κ1) is 16.9. The van der Waals surface area contributed by atoms with Crippen molar-refractivity contribution in [2.24, 2.45) is 0 Å². The minimum Gasteiger partial charge on any atom is -0.367 e. The molecule has 0 radical (unpaired) electrons. The molecule has 2 amide bonds. The van der Waals surface area contributed by atoms with Gasteiger partial charge < -0.3 is 20.9 Å². The lowest BCUT2D eigenvalue weighted by Gasteiger charge is -2.33. The van der Waals surface area contributed by atoms with Crippen LogP contribution in [0.3, 0.4) is 0 Å². The van der Waals surface area contributed by atoms with Gasteiger partial charge in [-0.2, -0.15) is 0 Å². The Balaban J connectivity index is 1.31. The van der Waals surface area contributed by atoms with E-state index in [1.165, 1.54) is 0 Å². The summed E-state index contributed by atoms with van der Waals surface area (Å²) >= 11 is 0. The zero-order valence-electron chi connectivity index (χ0n) is 14.1. The summed E-state index contributed by atoms with van der Waals surface area (Å²) in [6.07, 6.45) is 8.54. The summed E-state index contributed by atoms with van der Waals surface area (Å²) in [4.78, 5) is 26.7. The van der Waals surface area contributed by atoms with Gasteiger partial charge in [-0.15, -0.1) is 0 Å². The maximum atomic E-state index is 12.0. The smallest absolute Gasteiger partial charge is 0.315 e. The van der Waals surface area contributed by atoms with E-state index in [1.54, 1.807) is 18.6 Å². The van der Waals surface area contributed by atoms with Crippen LogP contribution in [0.15, 0.2) is 43.0 Å². The van der Waals surface area contributed by atoms with Crippen LogP contribution in [0.25, 0.3) is 0 Å². The van der Waals surface area contributed by atoms with Crippen LogP contribution in [0.1, 0.15) is 12.8 Å². The minimum absolute atomic E-state index is 0.128. The van der Waals surface area contributed by atoms with Crippen LogP contribution in [-0.2, 0) is 0 Å². The average molecular weight is 341 g/mol. The lowest BCUT2D eigenvalue weighted by molar-refractivity contribution is 0.235. The van der Waals surface area contributed by atoms with Crippen molar-refractivity contribution in [3.05, 3.63) is 43.0 Å². The fourth-order valence-electron chi connectivity index (χ4n) is 2.79. The summed E-state index contributed by atoms with van der Waals surface area (Å²) in [5.41, 5.74) is 0. The predicted molar refractivity (Wildman–Crippen MR) is 96.5 cm³/mol. The zero-order chi connectivity index (χ0) is 17.3. The van der Waals surface area contributed by atoms with E-state index in [2.05, 4.69) is 35.8 Å². The molecule has 3 heterocycles. The van der Waals surface area contributed by atoms with E-state index in [0.29, 0.717) is 18.9 Å². The molecule has 0 unspecified atom stereocenters. The number of anilines is 2. The van der Waals surface area contributed by atoms with Crippen molar-refractivity contribution in [3.8, 4) is 0 Å². The molecule has 1 aliphatic rings. The van der Waals surface area contributed by atoms with Gasteiger partial charge in [0.05, 0.1) is 6.20 Å². The Morgan fingerprint density at radius 3 is 2.72 bits per heavy atom. The van der Waals surface area contributed by atoms with Gasteiger partial charge in [-0.25, -0.2) is 14.8 Å². The van der Waals surface area contributed by atoms with E-state index in [1.807, 2.05) is 24.4 Å². The molecule has 0 bridgehead atoms. The van der Waals surface area contributed by atoms with Crippen molar-refractivity contribution in [3.63, 3.8) is 0 Å². The second-order valence-electron chi connectivity index (χ2n) is 5.87. The van der Waals surface area contributed by atoms with E-state index in [0.717, 1.165) is 31.7 Å². The van der Waals surface area contributed by atoms with Gasteiger partial charge in [0.1, 0.15) is 11.6 Å². The molecule has 3 N–H and O–H groups in total. The molecule has 1 aliphatic heterocycles. The van der Waals surface area contributed by atoms with Gasteiger partial charge in [-0.05, 0) is 25.0 Å². The van der Waals surface area contributed by atoms with Crippen molar-refractivity contribution in [2.45, 2.75) is 18.9 Å². The third kappa shape index (κ3) is 5.30. The molecule has 0 aromatic carbocycles. The Bertz CT molecular complexity index is 645. The highest BCUT2D eigenvalue weighted by molar-refractivity contribution is 5.74. The molecule has 0 saturated carbocycles. The number of hydrogen-bond donors (Lipinski definition) is 3. The largest absolute Gasteiger partial charge is 0.367 e. The summed E-state index contributed by atoms with van der Waals surface area (Å²) in [6.45, 7) is 2.92. The van der Waals surface area contributed by atoms with Crippen LogP contribution in [-0.4, -0.2) is 53.2 Å². The fourth-order valence-corrected chi connectivity index (χ4v) is 2.79. The van der Waals surface area contributed by atoms with E-state index in [4.69, 9.17) is 0 Å².